The Hall–Kier alpha value is -3.18. The predicted octanol–water partition coefficient (Wildman–Crippen LogP) is 8.18. The minimum atomic E-state index is -0.270. The summed E-state index contributed by atoms with van der Waals surface area (Å²) >= 11 is 0. The fourth-order valence-corrected chi connectivity index (χ4v) is 5.96. The molecule has 0 saturated carbocycles. The van der Waals surface area contributed by atoms with Crippen molar-refractivity contribution in [1.82, 2.24) is 4.90 Å². The highest BCUT2D eigenvalue weighted by Gasteiger charge is 2.25. The monoisotopic (exact) mass is 517 g/mol. The van der Waals surface area contributed by atoms with E-state index in [4.69, 9.17) is 4.74 Å². The van der Waals surface area contributed by atoms with E-state index in [9.17, 15) is 8.92 Å². The van der Waals surface area contributed by atoms with E-state index in [0.717, 1.165) is 67.8 Å². The van der Waals surface area contributed by atoms with E-state index in [2.05, 4.69) is 72.2 Å². The van der Waals surface area contributed by atoms with E-state index < -0.39 is 0 Å². The zero-order valence-corrected chi connectivity index (χ0v) is 22.4. The van der Waals surface area contributed by atoms with E-state index >= 15 is 0 Å². The van der Waals surface area contributed by atoms with Gasteiger partial charge in [-0.25, -0.2) is 0 Å². The van der Waals surface area contributed by atoms with Gasteiger partial charge in [0.2, 0.25) is 0 Å². The zero-order chi connectivity index (χ0) is 26.5. The van der Waals surface area contributed by atoms with Crippen molar-refractivity contribution in [2.45, 2.75) is 58.0 Å². The first-order valence-corrected chi connectivity index (χ1v) is 13.9. The Morgan fingerprint density at radius 2 is 1.74 bits per heavy atom. The average molecular weight is 518 g/mol. The predicted molar refractivity (Wildman–Crippen MR) is 150 cm³/mol. The lowest BCUT2D eigenvalue weighted by Gasteiger charge is -2.21. The Bertz CT molecular complexity index is 1270. The Labute approximate surface area is 225 Å². The van der Waals surface area contributed by atoms with Crippen molar-refractivity contribution >= 4 is 11.1 Å². The van der Waals surface area contributed by atoms with Gasteiger partial charge in [-0.05, 0) is 101 Å². The Morgan fingerprint density at radius 1 is 0.947 bits per heavy atom. The summed E-state index contributed by atoms with van der Waals surface area (Å²) in [6.07, 6.45) is 4.46. The van der Waals surface area contributed by atoms with Crippen molar-refractivity contribution in [3.05, 3.63) is 94.5 Å². The highest BCUT2D eigenvalue weighted by Crippen LogP contribution is 2.43. The highest BCUT2D eigenvalue weighted by molar-refractivity contribution is 6.00. The van der Waals surface area contributed by atoms with Crippen molar-refractivity contribution in [2.24, 2.45) is 0 Å². The molecule has 3 aromatic carbocycles. The standard InChI is InChI=1S/C33H37F2NO2/c1-23(2)29-8-3-4-9-31(29)32-10-5-7-25-21-27(38-35)15-16-30(25)33(32)24-11-13-26(14-12-24)37-28-17-20-36(22-28)19-6-18-34/h3-4,8-9,11-16,21,23,28H,5-7,10,17-20,22H2,1-2H3/t28-/m0/s1. The molecule has 5 rings (SSSR count). The number of halogens is 2. The van der Waals surface area contributed by atoms with Crippen LogP contribution in [-0.2, 0) is 6.42 Å². The van der Waals surface area contributed by atoms with Crippen LogP contribution < -0.4 is 9.68 Å². The van der Waals surface area contributed by atoms with Crippen LogP contribution in [0, 0.1) is 0 Å². The molecule has 1 aliphatic carbocycles. The second-order valence-electron chi connectivity index (χ2n) is 10.7. The maximum Gasteiger partial charge on any atom is 0.172 e. The summed E-state index contributed by atoms with van der Waals surface area (Å²) in [6, 6.07) is 22.6. The van der Waals surface area contributed by atoms with Crippen LogP contribution in [0.5, 0.6) is 11.5 Å². The van der Waals surface area contributed by atoms with Crippen LogP contribution in [0.2, 0.25) is 0 Å². The number of hydrogen-bond donors (Lipinski definition) is 0. The van der Waals surface area contributed by atoms with E-state index in [0.29, 0.717) is 12.3 Å². The molecule has 1 fully saturated rings. The van der Waals surface area contributed by atoms with Crippen molar-refractivity contribution in [3.63, 3.8) is 0 Å². The van der Waals surface area contributed by atoms with Gasteiger partial charge in [0.15, 0.2) is 5.75 Å². The molecule has 5 heteroatoms. The minimum Gasteiger partial charge on any atom is -0.489 e. The average Bonchev–Trinajstić information content (AvgIpc) is 3.30. The lowest BCUT2D eigenvalue weighted by atomic mass is 9.84. The summed E-state index contributed by atoms with van der Waals surface area (Å²) in [5.41, 5.74) is 8.51. The lowest BCUT2D eigenvalue weighted by Crippen LogP contribution is -2.26. The van der Waals surface area contributed by atoms with E-state index in [1.807, 2.05) is 12.1 Å². The Morgan fingerprint density at radius 3 is 2.50 bits per heavy atom. The molecule has 0 unspecified atom stereocenters. The summed E-state index contributed by atoms with van der Waals surface area (Å²) in [4.78, 5) is 6.36. The third kappa shape index (κ3) is 5.78. The maximum absolute atomic E-state index is 13.1. The number of hydrogen-bond acceptors (Lipinski definition) is 3. The SMILES string of the molecule is CC(C)c1ccccc1C1=C(c2ccc(O[C@H]3CCN(CCCF)C3)cc2)c2ccc(OF)cc2CCC1. The number of rotatable bonds is 9. The highest BCUT2D eigenvalue weighted by atomic mass is 19.3. The molecule has 1 saturated heterocycles. The van der Waals surface area contributed by atoms with Crippen LogP contribution in [-0.4, -0.2) is 37.3 Å². The molecule has 1 heterocycles. The number of likely N-dealkylation sites (tertiary alicyclic amines) is 1. The smallest absolute Gasteiger partial charge is 0.172 e. The first-order chi connectivity index (χ1) is 18.6. The van der Waals surface area contributed by atoms with Gasteiger partial charge in [-0.3, -0.25) is 14.2 Å². The van der Waals surface area contributed by atoms with Crippen LogP contribution in [0.4, 0.5) is 8.92 Å². The van der Waals surface area contributed by atoms with E-state index in [1.54, 1.807) is 6.07 Å². The summed E-state index contributed by atoms with van der Waals surface area (Å²) in [6.45, 7) is 6.79. The normalized spacial score (nSPS) is 18.0. The molecule has 3 nitrogen and oxygen atoms in total. The summed E-state index contributed by atoms with van der Waals surface area (Å²) in [7, 11) is 0. The minimum absolute atomic E-state index is 0.130. The molecular weight excluding hydrogens is 480 g/mol. The molecule has 0 amide bonds. The van der Waals surface area contributed by atoms with Crippen molar-refractivity contribution in [3.8, 4) is 11.5 Å². The van der Waals surface area contributed by atoms with Crippen LogP contribution in [0.25, 0.3) is 11.1 Å². The molecule has 0 aromatic heterocycles. The van der Waals surface area contributed by atoms with Gasteiger partial charge in [-0.1, -0.05) is 56.3 Å². The van der Waals surface area contributed by atoms with Crippen LogP contribution in [0.3, 0.4) is 0 Å². The van der Waals surface area contributed by atoms with Crippen LogP contribution in [0.1, 0.15) is 73.3 Å². The number of alkyl halides is 1. The van der Waals surface area contributed by atoms with Crippen molar-refractivity contribution in [2.75, 3.05) is 26.3 Å². The molecular formula is C33H37F2NO2. The number of ether oxygens (including phenoxy) is 1. The van der Waals surface area contributed by atoms with Gasteiger partial charge < -0.3 is 4.74 Å². The quantitative estimate of drug-likeness (QED) is 0.286. The molecule has 38 heavy (non-hydrogen) atoms. The summed E-state index contributed by atoms with van der Waals surface area (Å²) < 4.78 is 31.9. The topological polar surface area (TPSA) is 21.7 Å². The molecule has 0 bridgehead atoms. The first-order valence-electron chi connectivity index (χ1n) is 13.9. The molecule has 0 N–H and O–H groups in total. The third-order valence-corrected chi connectivity index (χ3v) is 7.80. The van der Waals surface area contributed by atoms with Gasteiger partial charge in [-0.15, -0.1) is 0 Å². The molecule has 2 aliphatic rings. The van der Waals surface area contributed by atoms with Gasteiger partial charge in [0.05, 0.1) is 6.67 Å². The van der Waals surface area contributed by atoms with Gasteiger partial charge in [0.1, 0.15) is 11.9 Å². The van der Waals surface area contributed by atoms with E-state index in [1.165, 1.54) is 22.3 Å². The van der Waals surface area contributed by atoms with Gasteiger partial charge in [-0.2, -0.15) is 0 Å². The third-order valence-electron chi connectivity index (χ3n) is 7.80. The maximum atomic E-state index is 13.1. The zero-order valence-electron chi connectivity index (χ0n) is 22.4. The van der Waals surface area contributed by atoms with Gasteiger partial charge in [0, 0.05) is 24.2 Å². The fraction of sp³-hybridized carbons (Fsp3) is 0.394. The van der Waals surface area contributed by atoms with E-state index in [-0.39, 0.29) is 18.5 Å². The molecule has 1 aliphatic heterocycles. The first kappa shape index (κ1) is 26.4. The second-order valence-corrected chi connectivity index (χ2v) is 10.7. The summed E-state index contributed by atoms with van der Waals surface area (Å²) in [5, 5.41) is 0. The van der Waals surface area contributed by atoms with Gasteiger partial charge >= 0.3 is 0 Å². The summed E-state index contributed by atoms with van der Waals surface area (Å²) in [5.74, 6) is 1.50. The lowest BCUT2D eigenvalue weighted by molar-refractivity contribution is -0.00629. The number of benzene rings is 3. The molecule has 3 aromatic rings. The number of aryl methyl sites for hydroxylation is 1. The van der Waals surface area contributed by atoms with Crippen molar-refractivity contribution in [1.29, 1.82) is 0 Å². The number of fused-ring (bicyclic) bond motifs is 1. The van der Waals surface area contributed by atoms with Crippen LogP contribution in [0.15, 0.2) is 66.7 Å². The molecule has 0 radical (unpaired) electrons. The largest absolute Gasteiger partial charge is 0.489 e. The number of nitrogens with zero attached hydrogens (tertiary/aromatic N) is 1. The molecule has 0 spiro atoms. The van der Waals surface area contributed by atoms with Gasteiger partial charge in [0.25, 0.3) is 0 Å². The second kappa shape index (κ2) is 12.1. The molecule has 200 valence electrons. The Balaban J connectivity index is 1.52. The van der Waals surface area contributed by atoms with Crippen molar-refractivity contribution < 1.29 is 18.6 Å². The van der Waals surface area contributed by atoms with Crippen LogP contribution >= 0.6 is 0 Å². The number of allylic oxidation sites excluding steroid dienone is 1. The molecule has 1 atom stereocenters. The Kier molecular flexibility index (Phi) is 8.43. The fourth-order valence-electron chi connectivity index (χ4n) is 5.96.